The van der Waals surface area contributed by atoms with Gasteiger partial charge in [0.25, 0.3) is 0 Å². The number of unbranched alkanes of at least 4 members (excludes halogenated alkanes) is 3. The first-order valence-electron chi connectivity index (χ1n) is 9.27. The van der Waals surface area contributed by atoms with Crippen LogP contribution in [0, 0.1) is 0 Å². The summed E-state index contributed by atoms with van der Waals surface area (Å²) in [5.74, 6) is 0. The van der Waals surface area contributed by atoms with Crippen LogP contribution in [0.3, 0.4) is 0 Å². The van der Waals surface area contributed by atoms with E-state index in [2.05, 4.69) is 25.7 Å². The van der Waals surface area contributed by atoms with Gasteiger partial charge in [-0.2, -0.15) is 0 Å². The molecule has 4 nitrogen and oxygen atoms in total. The largest absolute Gasteiger partial charge is 0.395 e. The number of aliphatic hydroxyl groups is 3. The van der Waals surface area contributed by atoms with E-state index in [0.717, 1.165) is 57.8 Å². The first kappa shape index (κ1) is 21.8. The number of nitrogens with zero attached hydrogens (tertiary/aromatic N) is 1. The molecule has 134 valence electrons. The minimum Gasteiger partial charge on any atom is -0.395 e. The summed E-state index contributed by atoms with van der Waals surface area (Å²) in [6.07, 6.45) is 8.73. The van der Waals surface area contributed by atoms with Gasteiger partial charge in [-0.3, -0.25) is 4.90 Å². The van der Waals surface area contributed by atoms with E-state index in [1.54, 1.807) is 0 Å². The fraction of sp³-hybridized carbons (Fsp3) is 1.00. The number of β-amino-alcohol motifs (C(OH)–C–C–N with tert-alkyl or cyclic N) is 2. The van der Waals surface area contributed by atoms with Crippen LogP contribution in [0.15, 0.2) is 0 Å². The van der Waals surface area contributed by atoms with Crippen molar-refractivity contribution in [1.29, 1.82) is 0 Å². The van der Waals surface area contributed by atoms with Crippen molar-refractivity contribution in [2.75, 3.05) is 26.3 Å². The molecule has 0 spiro atoms. The highest BCUT2D eigenvalue weighted by atomic mass is 16.3. The van der Waals surface area contributed by atoms with Crippen LogP contribution in [0.25, 0.3) is 0 Å². The summed E-state index contributed by atoms with van der Waals surface area (Å²) in [6, 6.07) is 0. The molecule has 0 aromatic heterocycles. The summed E-state index contributed by atoms with van der Waals surface area (Å²) in [6.45, 7) is 7.68. The van der Waals surface area contributed by atoms with E-state index >= 15 is 0 Å². The van der Waals surface area contributed by atoms with Crippen molar-refractivity contribution < 1.29 is 15.3 Å². The fourth-order valence-electron chi connectivity index (χ4n) is 3.42. The highest BCUT2D eigenvalue weighted by Gasteiger charge is 2.41. The average molecular weight is 318 g/mol. The van der Waals surface area contributed by atoms with E-state index in [1.807, 2.05) is 0 Å². The predicted molar refractivity (Wildman–Crippen MR) is 93.1 cm³/mol. The van der Waals surface area contributed by atoms with Gasteiger partial charge in [0.05, 0.1) is 19.3 Å². The van der Waals surface area contributed by atoms with Crippen molar-refractivity contribution in [3.63, 3.8) is 0 Å². The molecule has 0 rings (SSSR count). The van der Waals surface area contributed by atoms with Gasteiger partial charge in [-0.25, -0.2) is 0 Å². The third-order valence-corrected chi connectivity index (χ3v) is 4.75. The van der Waals surface area contributed by atoms with Crippen LogP contribution in [-0.2, 0) is 0 Å². The third-order valence-electron chi connectivity index (χ3n) is 4.75. The standard InChI is InChI=1S/C18H39NO3/c1-4-7-10-17(22)18(11-8-5-2,12-9-6-3)19(13-15-20)14-16-21/h17,20-22H,4-16H2,1-3H3. The van der Waals surface area contributed by atoms with Gasteiger partial charge in [0.2, 0.25) is 0 Å². The van der Waals surface area contributed by atoms with Crippen molar-refractivity contribution in [1.82, 2.24) is 4.90 Å². The fourth-order valence-corrected chi connectivity index (χ4v) is 3.42. The van der Waals surface area contributed by atoms with Crippen LogP contribution >= 0.6 is 0 Å². The van der Waals surface area contributed by atoms with Crippen LogP contribution < -0.4 is 0 Å². The highest BCUT2D eigenvalue weighted by molar-refractivity contribution is 4.97. The summed E-state index contributed by atoms with van der Waals surface area (Å²) < 4.78 is 0. The molecule has 0 aliphatic rings. The van der Waals surface area contributed by atoms with Crippen molar-refractivity contribution >= 4 is 0 Å². The van der Waals surface area contributed by atoms with Crippen molar-refractivity contribution in [2.24, 2.45) is 0 Å². The molecule has 0 saturated heterocycles. The van der Waals surface area contributed by atoms with Gasteiger partial charge in [-0.05, 0) is 19.3 Å². The molecular weight excluding hydrogens is 278 g/mol. The maximum atomic E-state index is 11.0. The first-order chi connectivity index (χ1) is 10.6. The second-order valence-corrected chi connectivity index (χ2v) is 6.40. The minimum atomic E-state index is -0.386. The second-order valence-electron chi connectivity index (χ2n) is 6.40. The lowest BCUT2D eigenvalue weighted by atomic mass is 9.78. The van der Waals surface area contributed by atoms with Crippen LogP contribution in [0.5, 0.6) is 0 Å². The molecule has 0 radical (unpaired) electrons. The van der Waals surface area contributed by atoms with Gasteiger partial charge in [-0.1, -0.05) is 59.3 Å². The minimum absolute atomic E-state index is 0.0699. The zero-order valence-electron chi connectivity index (χ0n) is 15.1. The maximum Gasteiger partial charge on any atom is 0.0723 e. The summed E-state index contributed by atoms with van der Waals surface area (Å²) in [5, 5.41) is 29.8. The first-order valence-corrected chi connectivity index (χ1v) is 9.27. The molecule has 22 heavy (non-hydrogen) atoms. The molecule has 0 saturated carbocycles. The Morgan fingerprint density at radius 2 is 1.27 bits per heavy atom. The summed E-state index contributed by atoms with van der Waals surface area (Å²) in [4.78, 5) is 2.15. The predicted octanol–water partition coefficient (Wildman–Crippen LogP) is 2.94. The number of rotatable bonds is 15. The van der Waals surface area contributed by atoms with E-state index in [-0.39, 0.29) is 24.9 Å². The SMILES string of the molecule is CCCCC(O)C(CCCC)(CCCC)N(CCO)CCO. The molecule has 0 fully saturated rings. The zero-order chi connectivity index (χ0) is 16.8. The molecule has 0 aromatic carbocycles. The second kappa shape index (κ2) is 13.3. The van der Waals surface area contributed by atoms with Crippen molar-refractivity contribution in [3.05, 3.63) is 0 Å². The van der Waals surface area contributed by atoms with Crippen molar-refractivity contribution in [3.8, 4) is 0 Å². The van der Waals surface area contributed by atoms with Gasteiger partial charge in [0, 0.05) is 18.6 Å². The zero-order valence-corrected chi connectivity index (χ0v) is 15.1. The molecule has 0 aliphatic carbocycles. The monoisotopic (exact) mass is 317 g/mol. The Hall–Kier alpha value is -0.160. The molecule has 0 aromatic rings. The molecule has 0 aliphatic heterocycles. The van der Waals surface area contributed by atoms with Gasteiger partial charge in [0.1, 0.15) is 0 Å². The van der Waals surface area contributed by atoms with Gasteiger partial charge < -0.3 is 15.3 Å². The summed E-state index contributed by atoms with van der Waals surface area (Å²) >= 11 is 0. The Morgan fingerprint density at radius 1 is 0.818 bits per heavy atom. The van der Waals surface area contributed by atoms with E-state index in [1.165, 1.54) is 0 Å². The molecule has 0 bridgehead atoms. The van der Waals surface area contributed by atoms with Gasteiger partial charge in [0.15, 0.2) is 0 Å². The third kappa shape index (κ3) is 6.95. The molecule has 0 amide bonds. The lowest BCUT2D eigenvalue weighted by molar-refractivity contribution is -0.0620. The molecular formula is C18H39NO3. The Labute approximate surface area is 137 Å². The Kier molecular flexibility index (Phi) is 13.2. The smallest absolute Gasteiger partial charge is 0.0723 e. The van der Waals surface area contributed by atoms with Crippen molar-refractivity contribution in [2.45, 2.75) is 90.2 Å². The highest BCUT2D eigenvalue weighted by Crippen LogP contribution is 2.34. The summed E-state index contributed by atoms with van der Waals surface area (Å²) in [7, 11) is 0. The molecule has 3 N–H and O–H groups in total. The van der Waals surface area contributed by atoms with Crippen LogP contribution in [-0.4, -0.2) is 58.2 Å². The van der Waals surface area contributed by atoms with Gasteiger partial charge >= 0.3 is 0 Å². The number of hydrogen-bond donors (Lipinski definition) is 3. The lowest BCUT2D eigenvalue weighted by Crippen LogP contribution is -2.58. The normalized spacial score (nSPS) is 13.8. The number of hydrogen-bond acceptors (Lipinski definition) is 4. The molecule has 1 atom stereocenters. The van der Waals surface area contributed by atoms with Crippen LogP contribution in [0.1, 0.15) is 78.6 Å². The topological polar surface area (TPSA) is 63.9 Å². The van der Waals surface area contributed by atoms with Crippen LogP contribution in [0.2, 0.25) is 0 Å². The van der Waals surface area contributed by atoms with E-state index < -0.39 is 0 Å². The quantitative estimate of drug-likeness (QED) is 0.434. The molecule has 0 heterocycles. The molecule has 4 heteroatoms. The van der Waals surface area contributed by atoms with E-state index in [0.29, 0.717) is 13.1 Å². The van der Waals surface area contributed by atoms with E-state index in [9.17, 15) is 15.3 Å². The molecule has 1 unspecified atom stereocenters. The Balaban J connectivity index is 5.35. The Bertz CT molecular complexity index is 234. The number of aliphatic hydroxyl groups excluding tert-OH is 3. The lowest BCUT2D eigenvalue weighted by Gasteiger charge is -2.47. The maximum absolute atomic E-state index is 11.0. The van der Waals surface area contributed by atoms with Gasteiger partial charge in [-0.15, -0.1) is 0 Å². The summed E-state index contributed by atoms with van der Waals surface area (Å²) in [5.41, 5.74) is -0.299. The Morgan fingerprint density at radius 3 is 1.64 bits per heavy atom. The van der Waals surface area contributed by atoms with Crippen LogP contribution in [0.4, 0.5) is 0 Å². The van der Waals surface area contributed by atoms with E-state index in [4.69, 9.17) is 0 Å². The average Bonchev–Trinajstić information content (AvgIpc) is 2.53.